The first-order chi connectivity index (χ1) is 18.0. The summed E-state index contributed by atoms with van der Waals surface area (Å²) in [5.74, 6) is 1.50. The van der Waals surface area contributed by atoms with E-state index in [1.165, 1.54) is 12.1 Å². The van der Waals surface area contributed by atoms with Gasteiger partial charge in [-0.1, -0.05) is 57.5 Å². The van der Waals surface area contributed by atoms with Gasteiger partial charge in [0.05, 0.1) is 5.56 Å². The first-order valence-electron chi connectivity index (χ1n) is 13.7. The van der Waals surface area contributed by atoms with Crippen molar-refractivity contribution in [2.45, 2.75) is 78.1 Å². The molecule has 4 rings (SSSR count). The first-order valence-corrected chi connectivity index (χ1v) is 13.7. The molecule has 0 radical (unpaired) electrons. The largest absolute Gasteiger partial charge is 0.461 e. The molecule has 2 aromatic rings. The standard InChI is InChI=1S/C31H39F3N2O2/c1-19(2)25-17-10-20(3)18-27(25)38-30(37)28(22-11-12-22)36(26-9-7-6-8-21(26)4)29(35-5)23-13-15-24(16-14-23)31(32,33)34/h6-9,13-16,19-20,22,25,27-28H,10-12,17-18H2,1-5H3/b35-29+/t20-,25+,27-,28-/m1/s1. The monoisotopic (exact) mass is 528 g/mol. The highest BCUT2D eigenvalue weighted by molar-refractivity contribution is 6.13. The van der Waals surface area contributed by atoms with E-state index in [0.29, 0.717) is 29.2 Å². The highest BCUT2D eigenvalue weighted by atomic mass is 19.4. The van der Waals surface area contributed by atoms with Gasteiger partial charge >= 0.3 is 12.1 Å². The molecule has 38 heavy (non-hydrogen) atoms. The van der Waals surface area contributed by atoms with E-state index in [0.717, 1.165) is 55.5 Å². The summed E-state index contributed by atoms with van der Waals surface area (Å²) in [5, 5.41) is 0. The number of esters is 1. The van der Waals surface area contributed by atoms with Crippen LogP contribution in [0.2, 0.25) is 0 Å². The van der Waals surface area contributed by atoms with Crippen molar-refractivity contribution in [3.05, 3.63) is 65.2 Å². The minimum atomic E-state index is -4.43. The Morgan fingerprint density at radius 3 is 2.24 bits per heavy atom. The van der Waals surface area contributed by atoms with Crippen LogP contribution in [0.3, 0.4) is 0 Å². The van der Waals surface area contributed by atoms with Crippen molar-refractivity contribution in [2.75, 3.05) is 11.9 Å². The molecule has 2 aromatic carbocycles. The Balaban J connectivity index is 1.74. The number of aryl methyl sites for hydroxylation is 1. The van der Waals surface area contributed by atoms with E-state index in [1.807, 2.05) is 36.1 Å². The molecule has 0 amide bonds. The predicted molar refractivity (Wildman–Crippen MR) is 145 cm³/mol. The maximum absolute atomic E-state index is 14.1. The van der Waals surface area contributed by atoms with Gasteiger partial charge in [0, 0.05) is 18.3 Å². The SMILES string of the molecule is C/N=C(\c1ccc(C(F)(F)F)cc1)N(c1ccccc1C)[C@@H](C(=O)O[C@@H]1C[C@H](C)CC[C@H]1C(C)C)C1CC1. The number of amidine groups is 1. The maximum atomic E-state index is 14.1. The van der Waals surface area contributed by atoms with Crippen LogP contribution in [-0.2, 0) is 15.7 Å². The lowest BCUT2D eigenvalue weighted by Crippen LogP contribution is -2.50. The number of anilines is 1. The van der Waals surface area contributed by atoms with Crippen LogP contribution in [0.5, 0.6) is 0 Å². The van der Waals surface area contributed by atoms with Crippen LogP contribution < -0.4 is 4.90 Å². The summed E-state index contributed by atoms with van der Waals surface area (Å²) in [6.45, 7) is 8.55. The smallest absolute Gasteiger partial charge is 0.416 e. The van der Waals surface area contributed by atoms with Crippen molar-refractivity contribution in [3.63, 3.8) is 0 Å². The van der Waals surface area contributed by atoms with Crippen molar-refractivity contribution in [3.8, 4) is 0 Å². The van der Waals surface area contributed by atoms with E-state index < -0.39 is 17.8 Å². The number of alkyl halides is 3. The first kappa shape index (κ1) is 28.2. The van der Waals surface area contributed by atoms with Gasteiger partial charge in [-0.05, 0) is 80.0 Å². The predicted octanol–water partition coefficient (Wildman–Crippen LogP) is 7.68. The fourth-order valence-electron chi connectivity index (χ4n) is 5.80. The molecule has 2 saturated carbocycles. The molecule has 2 aliphatic carbocycles. The van der Waals surface area contributed by atoms with Crippen LogP contribution in [0.25, 0.3) is 0 Å². The van der Waals surface area contributed by atoms with E-state index in [1.54, 1.807) is 7.05 Å². The number of nitrogens with zero attached hydrogens (tertiary/aromatic N) is 2. The lowest BCUT2D eigenvalue weighted by molar-refractivity contribution is -0.158. The van der Waals surface area contributed by atoms with Crippen molar-refractivity contribution in [2.24, 2.45) is 28.7 Å². The number of halogens is 3. The third-order valence-electron chi connectivity index (χ3n) is 8.10. The zero-order valence-corrected chi connectivity index (χ0v) is 23.0. The summed E-state index contributed by atoms with van der Waals surface area (Å²) >= 11 is 0. The highest BCUT2D eigenvalue weighted by Gasteiger charge is 2.45. The quantitative estimate of drug-likeness (QED) is 0.210. The molecule has 0 unspecified atom stereocenters. The van der Waals surface area contributed by atoms with E-state index in [4.69, 9.17) is 4.74 Å². The van der Waals surface area contributed by atoms with Crippen LogP contribution in [0, 0.1) is 30.6 Å². The Bertz CT molecular complexity index is 1140. The molecule has 4 nitrogen and oxygen atoms in total. The normalized spacial score (nSPS) is 23.3. The molecule has 0 N–H and O–H groups in total. The Labute approximate surface area is 224 Å². The molecule has 0 saturated heterocycles. The minimum Gasteiger partial charge on any atom is -0.461 e. The molecule has 0 heterocycles. The van der Waals surface area contributed by atoms with Crippen LogP contribution in [-0.4, -0.2) is 31.0 Å². The number of hydrogen-bond donors (Lipinski definition) is 0. The number of para-hydroxylation sites is 1. The van der Waals surface area contributed by atoms with Crippen molar-refractivity contribution >= 4 is 17.5 Å². The van der Waals surface area contributed by atoms with E-state index in [-0.39, 0.29) is 18.0 Å². The van der Waals surface area contributed by atoms with E-state index >= 15 is 0 Å². The lowest BCUT2D eigenvalue weighted by atomic mass is 9.75. The second-order valence-corrected chi connectivity index (χ2v) is 11.4. The fourth-order valence-corrected chi connectivity index (χ4v) is 5.80. The van der Waals surface area contributed by atoms with E-state index in [9.17, 15) is 18.0 Å². The van der Waals surface area contributed by atoms with Crippen molar-refractivity contribution in [1.29, 1.82) is 0 Å². The van der Waals surface area contributed by atoms with Crippen molar-refractivity contribution < 1.29 is 22.7 Å². The van der Waals surface area contributed by atoms with Gasteiger partial charge in [-0.2, -0.15) is 13.2 Å². The van der Waals surface area contributed by atoms with Gasteiger partial charge in [-0.3, -0.25) is 4.99 Å². The summed E-state index contributed by atoms with van der Waals surface area (Å²) < 4.78 is 46.1. The van der Waals surface area contributed by atoms with Crippen LogP contribution in [0.1, 0.15) is 69.6 Å². The zero-order chi connectivity index (χ0) is 27.6. The maximum Gasteiger partial charge on any atom is 0.416 e. The third kappa shape index (κ3) is 6.24. The molecule has 0 aromatic heterocycles. The summed E-state index contributed by atoms with van der Waals surface area (Å²) in [6.07, 6.45) is 0.242. The van der Waals surface area contributed by atoms with Crippen LogP contribution in [0.15, 0.2) is 53.5 Å². The van der Waals surface area contributed by atoms with Gasteiger partial charge in [0.15, 0.2) is 0 Å². The number of carbonyl (C=O) groups is 1. The molecule has 0 bridgehead atoms. The average molecular weight is 529 g/mol. The number of aliphatic imine (C=N–C) groups is 1. The Kier molecular flexibility index (Phi) is 8.53. The van der Waals surface area contributed by atoms with Gasteiger partial charge in [0.1, 0.15) is 18.0 Å². The number of hydrogen-bond acceptors (Lipinski definition) is 3. The number of benzene rings is 2. The van der Waals surface area contributed by atoms with Gasteiger partial charge in [0.25, 0.3) is 0 Å². The average Bonchev–Trinajstić information content (AvgIpc) is 3.69. The van der Waals surface area contributed by atoms with Gasteiger partial charge in [0.2, 0.25) is 0 Å². The third-order valence-corrected chi connectivity index (χ3v) is 8.10. The zero-order valence-electron chi connectivity index (χ0n) is 23.0. The highest BCUT2D eigenvalue weighted by Crippen LogP contribution is 2.41. The summed E-state index contributed by atoms with van der Waals surface area (Å²) in [4.78, 5) is 20.5. The van der Waals surface area contributed by atoms with Gasteiger partial charge in [-0.25, -0.2) is 4.79 Å². The number of ether oxygens (including phenoxy) is 1. The van der Waals surface area contributed by atoms with Gasteiger partial charge in [-0.15, -0.1) is 0 Å². The molecule has 2 aliphatic rings. The Morgan fingerprint density at radius 1 is 1.03 bits per heavy atom. The fraction of sp³-hybridized carbons (Fsp3) is 0.548. The molecular formula is C31H39F3N2O2. The topological polar surface area (TPSA) is 41.9 Å². The minimum absolute atomic E-state index is 0.0896. The molecular weight excluding hydrogens is 489 g/mol. The molecule has 206 valence electrons. The number of rotatable bonds is 7. The molecule has 4 atom stereocenters. The molecule has 0 aliphatic heterocycles. The van der Waals surface area contributed by atoms with Crippen LogP contribution >= 0.6 is 0 Å². The summed E-state index contributed by atoms with van der Waals surface area (Å²) in [7, 11) is 1.62. The Morgan fingerprint density at radius 2 is 1.68 bits per heavy atom. The second kappa shape index (κ2) is 11.5. The summed E-state index contributed by atoms with van der Waals surface area (Å²) in [6, 6.07) is 12.1. The van der Waals surface area contributed by atoms with E-state index in [2.05, 4.69) is 25.8 Å². The molecule has 2 fully saturated rings. The number of carbonyl (C=O) groups excluding carboxylic acids is 1. The van der Waals surface area contributed by atoms with Crippen LogP contribution in [0.4, 0.5) is 18.9 Å². The summed E-state index contributed by atoms with van der Waals surface area (Å²) in [5.41, 5.74) is 1.56. The van der Waals surface area contributed by atoms with Crippen molar-refractivity contribution in [1.82, 2.24) is 0 Å². The molecule has 7 heteroatoms. The molecule has 0 spiro atoms. The lowest BCUT2D eigenvalue weighted by Gasteiger charge is -2.39. The second-order valence-electron chi connectivity index (χ2n) is 11.4. The van der Waals surface area contributed by atoms with Gasteiger partial charge < -0.3 is 9.64 Å². The Hall–Kier alpha value is -2.83.